The minimum Gasteiger partial charge on any atom is -0.333 e. The van der Waals surface area contributed by atoms with Gasteiger partial charge in [0.25, 0.3) is 0 Å². The topological polar surface area (TPSA) is 12.0 Å². The standard InChI is InChI=1S/C9HF12N/c10-1-2(11)4(13)6(5(14)3(1)12)22-7(15,8(16,17)18)9(19,20)21/h22H. The Morgan fingerprint density at radius 2 is 0.773 bits per heavy atom. The van der Waals surface area contributed by atoms with Gasteiger partial charge in [-0.25, -0.2) is 22.0 Å². The van der Waals surface area contributed by atoms with Gasteiger partial charge in [-0.3, -0.25) is 0 Å². The minimum atomic E-state index is -6.81. The Hall–Kier alpha value is -1.82. The van der Waals surface area contributed by atoms with E-state index in [1.54, 1.807) is 0 Å². The van der Waals surface area contributed by atoms with Crippen molar-refractivity contribution in [3.63, 3.8) is 0 Å². The zero-order chi connectivity index (χ0) is 17.7. The van der Waals surface area contributed by atoms with Crippen LogP contribution in [0.2, 0.25) is 0 Å². The third kappa shape index (κ3) is 2.63. The highest BCUT2D eigenvalue weighted by Crippen LogP contribution is 2.47. The van der Waals surface area contributed by atoms with E-state index in [-0.39, 0.29) is 5.32 Å². The van der Waals surface area contributed by atoms with Gasteiger partial charge in [-0.2, -0.15) is 30.7 Å². The van der Waals surface area contributed by atoms with E-state index in [1.807, 2.05) is 0 Å². The second-order valence-corrected chi connectivity index (χ2v) is 3.72. The van der Waals surface area contributed by atoms with Crippen molar-refractivity contribution in [2.45, 2.75) is 18.1 Å². The van der Waals surface area contributed by atoms with E-state index in [0.29, 0.717) is 0 Å². The van der Waals surface area contributed by atoms with Crippen molar-refractivity contribution >= 4 is 5.69 Å². The largest absolute Gasteiger partial charge is 0.451 e. The lowest BCUT2D eigenvalue weighted by Crippen LogP contribution is -2.59. The third-order valence-electron chi connectivity index (χ3n) is 2.29. The van der Waals surface area contributed by atoms with Crippen molar-refractivity contribution in [3.05, 3.63) is 29.1 Å². The van der Waals surface area contributed by atoms with Crippen molar-refractivity contribution in [1.29, 1.82) is 0 Å². The fourth-order valence-corrected chi connectivity index (χ4v) is 1.19. The minimum absolute atomic E-state index is 0.333. The van der Waals surface area contributed by atoms with Gasteiger partial charge in [0.05, 0.1) is 0 Å². The quantitative estimate of drug-likeness (QED) is 0.356. The van der Waals surface area contributed by atoms with Crippen LogP contribution in [0.1, 0.15) is 0 Å². The highest BCUT2D eigenvalue weighted by atomic mass is 19.4. The van der Waals surface area contributed by atoms with Gasteiger partial charge in [0.2, 0.25) is 5.82 Å². The molecule has 0 amide bonds. The highest BCUT2D eigenvalue weighted by Gasteiger charge is 2.73. The molecule has 13 heteroatoms. The van der Waals surface area contributed by atoms with Crippen molar-refractivity contribution < 1.29 is 52.7 Å². The lowest BCUT2D eigenvalue weighted by molar-refractivity contribution is -0.330. The zero-order valence-electron chi connectivity index (χ0n) is 9.54. The molecule has 0 radical (unpaired) electrons. The van der Waals surface area contributed by atoms with E-state index in [0.717, 1.165) is 0 Å². The molecule has 0 spiro atoms. The molecule has 1 nitrogen and oxygen atoms in total. The average molecular weight is 351 g/mol. The predicted molar refractivity (Wildman–Crippen MR) is 45.8 cm³/mol. The van der Waals surface area contributed by atoms with Gasteiger partial charge in [0.1, 0.15) is 5.69 Å². The first-order valence-electron chi connectivity index (χ1n) is 4.77. The molecule has 0 aliphatic heterocycles. The summed E-state index contributed by atoms with van der Waals surface area (Å²) in [6.45, 7) is 0. The van der Waals surface area contributed by atoms with Gasteiger partial charge in [0.15, 0.2) is 23.3 Å². The Labute approximate surface area is 112 Å². The van der Waals surface area contributed by atoms with Crippen LogP contribution >= 0.6 is 0 Å². The monoisotopic (exact) mass is 351 g/mol. The Morgan fingerprint density at radius 1 is 0.500 bits per heavy atom. The summed E-state index contributed by atoms with van der Waals surface area (Å²) < 4.78 is 150. The summed E-state index contributed by atoms with van der Waals surface area (Å²) in [6, 6.07) is 0. The first-order chi connectivity index (χ1) is 9.65. The molecule has 0 aromatic heterocycles. The maximum atomic E-state index is 13.2. The first-order valence-corrected chi connectivity index (χ1v) is 4.77. The summed E-state index contributed by atoms with van der Waals surface area (Å²) in [5.74, 6) is -21.2. The van der Waals surface area contributed by atoms with Crippen molar-refractivity contribution in [2.75, 3.05) is 5.32 Å². The zero-order valence-corrected chi connectivity index (χ0v) is 9.54. The van der Waals surface area contributed by atoms with Crippen LogP contribution in [0.25, 0.3) is 0 Å². The highest BCUT2D eigenvalue weighted by molar-refractivity contribution is 5.50. The number of halogens is 12. The van der Waals surface area contributed by atoms with E-state index >= 15 is 0 Å². The Bertz CT molecular complexity index is 543. The summed E-state index contributed by atoms with van der Waals surface area (Å²) in [4.78, 5) is 0. The molecule has 22 heavy (non-hydrogen) atoms. The molecule has 1 aromatic rings. The summed E-state index contributed by atoms with van der Waals surface area (Å²) in [5.41, 5.74) is -2.81. The molecule has 1 aromatic carbocycles. The normalized spacial score (nSPS) is 13.5. The Balaban J connectivity index is 3.58. The molecule has 0 fully saturated rings. The maximum absolute atomic E-state index is 13.2. The second kappa shape index (κ2) is 5.12. The lowest BCUT2D eigenvalue weighted by atomic mass is 10.1. The van der Waals surface area contributed by atoms with Gasteiger partial charge in [0, 0.05) is 0 Å². The van der Waals surface area contributed by atoms with Crippen molar-refractivity contribution in [1.82, 2.24) is 0 Å². The molecule has 0 unspecified atom stereocenters. The number of benzene rings is 1. The summed E-state index contributed by atoms with van der Waals surface area (Å²) in [5, 5.41) is -0.333. The molecule has 0 saturated heterocycles. The van der Waals surface area contributed by atoms with Gasteiger partial charge < -0.3 is 5.32 Å². The van der Waals surface area contributed by atoms with Crippen LogP contribution in [0, 0.1) is 29.1 Å². The molecule has 1 N–H and O–H groups in total. The van der Waals surface area contributed by atoms with Crippen LogP contribution in [-0.2, 0) is 0 Å². The van der Waals surface area contributed by atoms with Crippen LogP contribution in [0.4, 0.5) is 58.4 Å². The summed E-state index contributed by atoms with van der Waals surface area (Å²) in [7, 11) is 0. The number of rotatable bonds is 2. The Kier molecular flexibility index (Phi) is 4.24. The number of alkyl halides is 7. The molecular weight excluding hydrogens is 350 g/mol. The number of nitrogens with one attached hydrogen (secondary N) is 1. The Morgan fingerprint density at radius 3 is 1.05 bits per heavy atom. The predicted octanol–water partition coefficient (Wildman–Crippen LogP) is 4.58. The molecule has 1 rings (SSSR count). The molecule has 0 aliphatic rings. The fourth-order valence-electron chi connectivity index (χ4n) is 1.19. The molecule has 0 bridgehead atoms. The number of hydrogen-bond acceptors (Lipinski definition) is 1. The van der Waals surface area contributed by atoms with Crippen LogP contribution in [0.5, 0.6) is 0 Å². The van der Waals surface area contributed by atoms with Gasteiger partial charge >= 0.3 is 18.1 Å². The van der Waals surface area contributed by atoms with Gasteiger partial charge in [-0.15, -0.1) is 0 Å². The molecular formula is C9HF12N. The van der Waals surface area contributed by atoms with E-state index in [9.17, 15) is 52.7 Å². The molecule has 0 saturated carbocycles. The molecule has 126 valence electrons. The second-order valence-electron chi connectivity index (χ2n) is 3.72. The fraction of sp³-hybridized carbons (Fsp3) is 0.333. The van der Waals surface area contributed by atoms with Gasteiger partial charge in [-0.05, 0) is 0 Å². The van der Waals surface area contributed by atoms with E-state index in [1.165, 1.54) is 0 Å². The van der Waals surface area contributed by atoms with E-state index < -0.39 is 52.9 Å². The van der Waals surface area contributed by atoms with Crippen LogP contribution in [0.3, 0.4) is 0 Å². The number of hydrogen-bond donors (Lipinski definition) is 1. The van der Waals surface area contributed by atoms with Crippen LogP contribution < -0.4 is 5.32 Å². The third-order valence-corrected chi connectivity index (χ3v) is 2.29. The summed E-state index contributed by atoms with van der Waals surface area (Å²) >= 11 is 0. The van der Waals surface area contributed by atoms with Gasteiger partial charge in [-0.1, -0.05) is 0 Å². The van der Waals surface area contributed by atoms with E-state index in [2.05, 4.69) is 0 Å². The van der Waals surface area contributed by atoms with Crippen LogP contribution in [-0.4, -0.2) is 18.1 Å². The van der Waals surface area contributed by atoms with Crippen molar-refractivity contribution in [2.24, 2.45) is 0 Å². The molecule has 0 heterocycles. The average Bonchev–Trinajstić information content (AvgIpc) is 2.36. The molecule has 0 aliphatic carbocycles. The first kappa shape index (κ1) is 18.2. The number of anilines is 1. The SMILES string of the molecule is Fc1c(F)c(F)c(NC(F)(C(F)(F)F)C(F)(F)F)c(F)c1F. The lowest BCUT2D eigenvalue weighted by Gasteiger charge is -2.31. The van der Waals surface area contributed by atoms with Crippen LogP contribution in [0.15, 0.2) is 0 Å². The maximum Gasteiger partial charge on any atom is 0.451 e. The smallest absolute Gasteiger partial charge is 0.333 e. The van der Waals surface area contributed by atoms with Crippen molar-refractivity contribution in [3.8, 4) is 0 Å². The molecule has 0 atom stereocenters. The van der Waals surface area contributed by atoms with E-state index in [4.69, 9.17) is 0 Å². The summed E-state index contributed by atoms with van der Waals surface area (Å²) in [6.07, 6.45) is -13.6.